The van der Waals surface area contributed by atoms with E-state index in [1.165, 1.54) is 10.8 Å². The first-order valence-electron chi connectivity index (χ1n) is 20.3. The molecule has 10 aromatic carbocycles. The van der Waals surface area contributed by atoms with Crippen molar-refractivity contribution in [3.63, 3.8) is 0 Å². The number of hydrogen-bond acceptors (Lipinski definition) is 4. The maximum atomic E-state index is 6.52. The summed E-state index contributed by atoms with van der Waals surface area (Å²) in [5.41, 5.74) is 11.9. The number of furan rings is 2. The molecule has 4 nitrogen and oxygen atoms in total. The molecule has 0 aliphatic rings. The van der Waals surface area contributed by atoms with Gasteiger partial charge >= 0.3 is 0 Å². The minimum Gasteiger partial charge on any atom is -0.456 e. The Morgan fingerprint density at radius 1 is 0.233 bits per heavy atom. The third kappa shape index (κ3) is 5.32. The molecular weight excluding hydrogens is 733 g/mol. The van der Waals surface area contributed by atoms with E-state index in [9.17, 15) is 0 Å². The molecule has 60 heavy (non-hydrogen) atoms. The first-order valence-corrected chi connectivity index (χ1v) is 20.3. The van der Waals surface area contributed by atoms with E-state index >= 15 is 0 Å². The van der Waals surface area contributed by atoms with Crippen molar-refractivity contribution in [1.29, 1.82) is 0 Å². The van der Waals surface area contributed by atoms with Crippen LogP contribution in [0.3, 0.4) is 0 Å². The molecule has 12 aromatic rings. The molecule has 0 bridgehead atoms. The summed E-state index contributed by atoms with van der Waals surface area (Å²) in [5, 5.41) is 8.95. The van der Waals surface area contributed by atoms with Crippen molar-refractivity contribution < 1.29 is 8.83 Å². The Hall–Kier alpha value is -8.08. The van der Waals surface area contributed by atoms with Crippen LogP contribution in [0, 0.1) is 0 Å². The SMILES string of the molecule is c1ccc(N(c2cccc3ccccc23)c2cccc3oc4ccccc4c23)c(-c2ccccc2N(c2cccc3ccccc23)c2cccc3oc4ccccc4c23)c1. The number of rotatable bonds is 7. The van der Waals surface area contributed by atoms with Gasteiger partial charge in [-0.3, -0.25) is 0 Å². The van der Waals surface area contributed by atoms with Crippen molar-refractivity contribution >= 4 is 99.5 Å². The van der Waals surface area contributed by atoms with E-state index in [1.54, 1.807) is 0 Å². The summed E-state index contributed by atoms with van der Waals surface area (Å²) >= 11 is 0. The molecule has 0 atom stereocenters. The van der Waals surface area contributed by atoms with Crippen LogP contribution in [0.5, 0.6) is 0 Å². The van der Waals surface area contributed by atoms with Gasteiger partial charge < -0.3 is 18.6 Å². The van der Waals surface area contributed by atoms with Crippen molar-refractivity contribution in [2.45, 2.75) is 0 Å². The maximum absolute atomic E-state index is 6.52. The van der Waals surface area contributed by atoms with Crippen LogP contribution in [0.2, 0.25) is 0 Å². The Balaban J connectivity index is 1.17. The van der Waals surface area contributed by atoms with Crippen molar-refractivity contribution in [1.82, 2.24) is 0 Å². The molecule has 2 aromatic heterocycles. The van der Waals surface area contributed by atoms with Crippen molar-refractivity contribution in [3.05, 3.63) is 218 Å². The highest BCUT2D eigenvalue weighted by molar-refractivity contribution is 6.17. The van der Waals surface area contributed by atoms with Gasteiger partial charge in [-0.1, -0.05) is 158 Å². The first kappa shape index (κ1) is 34.0. The molecule has 282 valence electrons. The van der Waals surface area contributed by atoms with Crippen molar-refractivity contribution in [2.75, 3.05) is 9.80 Å². The van der Waals surface area contributed by atoms with Gasteiger partial charge in [0.2, 0.25) is 0 Å². The molecule has 0 saturated heterocycles. The zero-order chi connectivity index (χ0) is 39.6. The first-order chi connectivity index (χ1) is 29.8. The lowest BCUT2D eigenvalue weighted by atomic mass is 9.96. The molecular formula is C56H36N2O2. The van der Waals surface area contributed by atoms with Crippen LogP contribution in [0.1, 0.15) is 0 Å². The number of benzene rings is 10. The summed E-state index contributed by atoms with van der Waals surface area (Å²) in [6.07, 6.45) is 0. The van der Waals surface area contributed by atoms with Crippen LogP contribution in [-0.4, -0.2) is 0 Å². The van der Waals surface area contributed by atoms with Gasteiger partial charge in [0.05, 0.1) is 44.9 Å². The number of nitrogens with zero attached hydrogens (tertiary/aromatic N) is 2. The predicted octanol–water partition coefficient (Wildman–Crippen LogP) is 16.4. The average molecular weight is 769 g/mol. The van der Waals surface area contributed by atoms with E-state index in [0.29, 0.717) is 0 Å². The van der Waals surface area contributed by atoms with Gasteiger partial charge in [0, 0.05) is 32.7 Å². The van der Waals surface area contributed by atoms with Gasteiger partial charge in [-0.05, 0) is 71.4 Å². The highest BCUT2D eigenvalue weighted by atomic mass is 16.3. The Morgan fingerprint density at radius 3 is 1.03 bits per heavy atom. The zero-order valence-corrected chi connectivity index (χ0v) is 32.5. The topological polar surface area (TPSA) is 32.8 Å². The molecule has 0 unspecified atom stereocenters. The third-order valence-electron chi connectivity index (χ3n) is 11.8. The second-order valence-electron chi connectivity index (χ2n) is 15.2. The minimum absolute atomic E-state index is 0.847. The molecule has 0 radical (unpaired) electrons. The summed E-state index contributed by atoms with van der Waals surface area (Å²) in [6.45, 7) is 0. The van der Waals surface area contributed by atoms with Crippen LogP contribution >= 0.6 is 0 Å². The molecule has 0 N–H and O–H groups in total. The minimum atomic E-state index is 0.847. The van der Waals surface area contributed by atoms with E-state index in [-0.39, 0.29) is 0 Å². The summed E-state index contributed by atoms with van der Waals surface area (Å²) in [6, 6.07) is 77.6. The molecule has 12 rings (SSSR count). The lowest BCUT2D eigenvalue weighted by molar-refractivity contribution is 0.668. The maximum Gasteiger partial charge on any atom is 0.137 e. The largest absolute Gasteiger partial charge is 0.456 e. The molecule has 0 aliphatic heterocycles. The summed E-state index contributed by atoms with van der Waals surface area (Å²) in [4.78, 5) is 4.87. The van der Waals surface area contributed by atoms with Crippen LogP contribution in [0.15, 0.2) is 227 Å². The fourth-order valence-electron chi connectivity index (χ4n) is 9.26. The molecule has 0 fully saturated rings. The Labute approximate surface area is 346 Å². The Bertz CT molecular complexity index is 3350. The normalized spacial score (nSPS) is 11.7. The van der Waals surface area contributed by atoms with Gasteiger partial charge in [0.1, 0.15) is 22.3 Å². The van der Waals surface area contributed by atoms with E-state index in [0.717, 1.165) is 99.9 Å². The van der Waals surface area contributed by atoms with Crippen molar-refractivity contribution in [3.8, 4) is 11.1 Å². The van der Waals surface area contributed by atoms with Crippen molar-refractivity contribution in [2.24, 2.45) is 0 Å². The number of anilines is 6. The number of para-hydroxylation sites is 4. The molecule has 4 heteroatoms. The van der Waals surface area contributed by atoms with Gasteiger partial charge in [0.15, 0.2) is 0 Å². The second-order valence-corrected chi connectivity index (χ2v) is 15.2. The van der Waals surface area contributed by atoms with Gasteiger partial charge in [-0.2, -0.15) is 0 Å². The van der Waals surface area contributed by atoms with E-state index in [1.807, 2.05) is 12.1 Å². The van der Waals surface area contributed by atoms with Crippen LogP contribution in [-0.2, 0) is 0 Å². The fraction of sp³-hybridized carbons (Fsp3) is 0. The smallest absolute Gasteiger partial charge is 0.137 e. The molecule has 0 spiro atoms. The molecule has 0 amide bonds. The number of fused-ring (bicyclic) bond motifs is 8. The molecule has 2 heterocycles. The lowest BCUT2D eigenvalue weighted by Gasteiger charge is -2.32. The quantitative estimate of drug-likeness (QED) is 0.162. The Kier molecular flexibility index (Phi) is 7.82. The summed E-state index contributed by atoms with van der Waals surface area (Å²) in [7, 11) is 0. The fourth-order valence-corrected chi connectivity index (χ4v) is 9.26. The Morgan fingerprint density at radius 2 is 0.550 bits per heavy atom. The molecule has 0 saturated carbocycles. The highest BCUT2D eigenvalue weighted by Crippen LogP contribution is 2.52. The predicted molar refractivity (Wildman–Crippen MR) is 251 cm³/mol. The number of hydrogen-bond donors (Lipinski definition) is 0. The summed E-state index contributed by atoms with van der Waals surface area (Å²) in [5.74, 6) is 0. The van der Waals surface area contributed by atoms with Gasteiger partial charge in [0.25, 0.3) is 0 Å². The lowest BCUT2D eigenvalue weighted by Crippen LogP contribution is -2.14. The van der Waals surface area contributed by atoms with E-state index < -0.39 is 0 Å². The van der Waals surface area contributed by atoms with E-state index in [4.69, 9.17) is 8.83 Å². The summed E-state index contributed by atoms with van der Waals surface area (Å²) < 4.78 is 13.0. The highest BCUT2D eigenvalue weighted by Gasteiger charge is 2.27. The second kappa shape index (κ2) is 13.8. The van der Waals surface area contributed by atoms with Crippen LogP contribution in [0.4, 0.5) is 34.1 Å². The molecule has 0 aliphatic carbocycles. The van der Waals surface area contributed by atoms with Gasteiger partial charge in [-0.25, -0.2) is 0 Å². The van der Waals surface area contributed by atoms with E-state index in [2.05, 4.69) is 216 Å². The average Bonchev–Trinajstić information content (AvgIpc) is 3.89. The van der Waals surface area contributed by atoms with Crippen LogP contribution in [0.25, 0.3) is 76.5 Å². The monoisotopic (exact) mass is 768 g/mol. The third-order valence-corrected chi connectivity index (χ3v) is 11.8. The standard InChI is InChI=1S/C56H36N2O2/c1-3-21-39-37(17-1)19-13-29-45(39)57(49-31-15-35-53-55(49)43-25-7-11-33-51(43)59-53)47-27-9-5-23-41(47)42-24-6-10-28-48(42)58(46-30-14-20-38-18-2-4-22-40(38)46)50-32-16-36-54-56(50)44-26-8-12-34-52(44)60-54/h1-36H. The zero-order valence-electron chi connectivity index (χ0n) is 32.5. The van der Waals surface area contributed by atoms with Crippen LogP contribution < -0.4 is 9.80 Å². The van der Waals surface area contributed by atoms with Gasteiger partial charge in [-0.15, -0.1) is 0 Å².